The molecule has 0 aliphatic heterocycles. The molecule has 3 aromatic heterocycles. The third-order valence-corrected chi connectivity index (χ3v) is 4.41. The Morgan fingerprint density at radius 1 is 0.667 bits per heavy atom. The van der Waals surface area contributed by atoms with Crippen molar-refractivity contribution in [3.63, 3.8) is 0 Å². The summed E-state index contributed by atoms with van der Waals surface area (Å²) in [5.41, 5.74) is 6.21. The zero-order chi connectivity index (χ0) is 18.6. The second-order valence-corrected chi connectivity index (χ2v) is 6.35. The molecule has 0 unspecified atom stereocenters. The molecular formula is C22H18BN3O. The Morgan fingerprint density at radius 3 is 1.67 bits per heavy atom. The van der Waals surface area contributed by atoms with Gasteiger partial charge in [0, 0.05) is 12.4 Å². The summed E-state index contributed by atoms with van der Waals surface area (Å²) < 4.78 is 0. The van der Waals surface area contributed by atoms with E-state index in [4.69, 9.17) is 4.98 Å². The van der Waals surface area contributed by atoms with E-state index in [1.54, 1.807) is 19.2 Å². The van der Waals surface area contributed by atoms with Crippen LogP contribution in [0.2, 0.25) is 6.82 Å². The van der Waals surface area contributed by atoms with E-state index >= 15 is 0 Å². The first-order chi connectivity index (χ1) is 13.2. The molecule has 1 aromatic carbocycles. The van der Waals surface area contributed by atoms with Crippen LogP contribution in [0, 0.1) is 0 Å². The Balaban J connectivity index is 1.85. The van der Waals surface area contributed by atoms with E-state index in [9.17, 15) is 5.02 Å². The second-order valence-electron chi connectivity index (χ2n) is 6.35. The Labute approximate surface area is 158 Å². The van der Waals surface area contributed by atoms with E-state index in [1.807, 2.05) is 72.8 Å². The molecule has 0 saturated carbocycles. The summed E-state index contributed by atoms with van der Waals surface area (Å²) in [4.78, 5) is 13.7. The highest BCUT2D eigenvalue weighted by atomic mass is 16.2. The topological polar surface area (TPSA) is 58.9 Å². The van der Waals surface area contributed by atoms with Crippen molar-refractivity contribution in [3.05, 3.63) is 85.2 Å². The molecule has 4 aromatic rings. The van der Waals surface area contributed by atoms with Crippen molar-refractivity contribution in [1.29, 1.82) is 0 Å². The third kappa shape index (κ3) is 3.78. The van der Waals surface area contributed by atoms with Crippen LogP contribution in [-0.2, 0) is 0 Å². The summed E-state index contributed by atoms with van der Waals surface area (Å²) in [6, 6.07) is 23.6. The quantitative estimate of drug-likeness (QED) is 0.570. The summed E-state index contributed by atoms with van der Waals surface area (Å²) in [7, 11) is 0. The average molecular weight is 351 g/mol. The van der Waals surface area contributed by atoms with Gasteiger partial charge in [-0.05, 0) is 53.0 Å². The number of aromatic nitrogens is 3. The molecule has 0 fully saturated rings. The van der Waals surface area contributed by atoms with Crippen LogP contribution in [0.1, 0.15) is 0 Å². The normalized spacial score (nSPS) is 10.6. The van der Waals surface area contributed by atoms with Gasteiger partial charge < -0.3 is 5.02 Å². The number of hydrogen-bond acceptors (Lipinski definition) is 4. The van der Waals surface area contributed by atoms with Crippen molar-refractivity contribution in [3.8, 4) is 33.9 Å². The molecule has 3 heterocycles. The summed E-state index contributed by atoms with van der Waals surface area (Å²) in [6.07, 6.45) is 3.53. The minimum Gasteiger partial charge on any atom is -0.447 e. The van der Waals surface area contributed by atoms with E-state index in [-0.39, 0.29) is 0 Å². The lowest BCUT2D eigenvalue weighted by molar-refractivity contribution is 0.594. The lowest BCUT2D eigenvalue weighted by atomic mass is 9.64. The van der Waals surface area contributed by atoms with Crippen molar-refractivity contribution >= 4 is 12.4 Å². The van der Waals surface area contributed by atoms with Gasteiger partial charge in [0.25, 0.3) is 0 Å². The molecular weight excluding hydrogens is 333 g/mol. The van der Waals surface area contributed by atoms with Gasteiger partial charge in [0.1, 0.15) is 0 Å². The van der Waals surface area contributed by atoms with Gasteiger partial charge in [0.2, 0.25) is 0 Å². The van der Waals surface area contributed by atoms with Gasteiger partial charge in [-0.1, -0.05) is 43.2 Å². The lowest BCUT2D eigenvalue weighted by Gasteiger charge is -2.10. The molecule has 0 amide bonds. The van der Waals surface area contributed by atoms with E-state index in [1.165, 1.54) is 0 Å². The van der Waals surface area contributed by atoms with E-state index < -0.39 is 6.92 Å². The van der Waals surface area contributed by atoms with Crippen molar-refractivity contribution in [1.82, 2.24) is 15.0 Å². The van der Waals surface area contributed by atoms with Crippen LogP contribution in [0.15, 0.2) is 85.2 Å². The summed E-state index contributed by atoms with van der Waals surface area (Å²) in [5, 5.41) is 9.74. The van der Waals surface area contributed by atoms with E-state index in [0.29, 0.717) is 0 Å². The minimum absolute atomic E-state index is 0.482. The summed E-state index contributed by atoms with van der Waals surface area (Å²) in [5.74, 6) is 0. The number of benzene rings is 1. The maximum absolute atomic E-state index is 9.74. The summed E-state index contributed by atoms with van der Waals surface area (Å²) >= 11 is 0. The van der Waals surface area contributed by atoms with Crippen LogP contribution in [0.25, 0.3) is 33.9 Å². The van der Waals surface area contributed by atoms with Gasteiger partial charge >= 0.3 is 6.92 Å². The fourth-order valence-electron chi connectivity index (χ4n) is 2.94. The highest BCUT2D eigenvalue weighted by Crippen LogP contribution is 2.28. The predicted octanol–water partition coefficient (Wildman–Crippen LogP) is 3.69. The molecule has 0 bridgehead atoms. The Morgan fingerprint density at radius 2 is 1.22 bits per heavy atom. The first-order valence-corrected chi connectivity index (χ1v) is 8.84. The molecule has 0 atom stereocenters. The van der Waals surface area contributed by atoms with Gasteiger partial charge in [-0.25, -0.2) is 4.98 Å². The lowest BCUT2D eigenvalue weighted by Crippen LogP contribution is -2.25. The molecule has 1 N–H and O–H groups in total. The smallest absolute Gasteiger partial charge is 0.320 e. The molecule has 0 spiro atoms. The molecule has 0 saturated heterocycles. The maximum atomic E-state index is 9.74. The first kappa shape index (κ1) is 17.1. The Hall–Kier alpha value is -3.31. The zero-order valence-corrected chi connectivity index (χ0v) is 14.9. The monoisotopic (exact) mass is 351 g/mol. The first-order valence-electron chi connectivity index (χ1n) is 8.84. The average Bonchev–Trinajstić information content (AvgIpc) is 2.75. The number of nitrogens with zero attached hydrogens (tertiary/aromatic N) is 3. The van der Waals surface area contributed by atoms with Gasteiger partial charge in [-0.3, -0.25) is 9.97 Å². The standard InChI is InChI=1S/C22H18BN3O/c1-23(27)18-10-8-16(9-11-18)17-14-21(19-6-2-4-12-24-19)26-22(15-17)20-7-3-5-13-25-20/h2-15,27H,1H3. The highest BCUT2D eigenvalue weighted by Gasteiger charge is 2.11. The van der Waals surface area contributed by atoms with Crippen LogP contribution in [0.3, 0.4) is 0 Å². The van der Waals surface area contributed by atoms with E-state index in [0.717, 1.165) is 39.4 Å². The largest absolute Gasteiger partial charge is 0.447 e. The molecule has 130 valence electrons. The molecule has 4 nitrogen and oxygen atoms in total. The number of hydrogen-bond donors (Lipinski definition) is 1. The molecule has 0 aliphatic rings. The van der Waals surface area contributed by atoms with Gasteiger partial charge in [-0.2, -0.15) is 0 Å². The second kappa shape index (κ2) is 7.52. The zero-order valence-electron chi connectivity index (χ0n) is 14.9. The SMILES string of the molecule is CB(O)c1ccc(-c2cc(-c3ccccn3)nc(-c3ccccn3)c2)cc1. The Kier molecular flexibility index (Phi) is 4.77. The van der Waals surface area contributed by atoms with Crippen LogP contribution >= 0.6 is 0 Å². The van der Waals surface area contributed by atoms with E-state index in [2.05, 4.69) is 9.97 Å². The Bertz CT molecular complexity index is 978. The molecule has 4 rings (SSSR count). The molecule has 0 radical (unpaired) electrons. The van der Waals surface area contributed by atoms with Crippen molar-refractivity contribution in [2.24, 2.45) is 0 Å². The predicted molar refractivity (Wildman–Crippen MR) is 110 cm³/mol. The van der Waals surface area contributed by atoms with Gasteiger partial charge in [0.05, 0.1) is 22.8 Å². The van der Waals surface area contributed by atoms with Gasteiger partial charge in [0.15, 0.2) is 0 Å². The van der Waals surface area contributed by atoms with Crippen molar-refractivity contribution in [2.45, 2.75) is 6.82 Å². The van der Waals surface area contributed by atoms with Crippen molar-refractivity contribution < 1.29 is 5.02 Å². The minimum atomic E-state index is -0.482. The van der Waals surface area contributed by atoms with Crippen molar-refractivity contribution in [2.75, 3.05) is 0 Å². The molecule has 0 aliphatic carbocycles. The molecule has 5 heteroatoms. The maximum Gasteiger partial charge on any atom is 0.320 e. The number of rotatable bonds is 4. The van der Waals surface area contributed by atoms with Gasteiger partial charge in [-0.15, -0.1) is 0 Å². The summed E-state index contributed by atoms with van der Waals surface area (Å²) in [6.45, 7) is 1.28. The van der Waals surface area contributed by atoms with Crippen LogP contribution < -0.4 is 5.46 Å². The molecule has 27 heavy (non-hydrogen) atoms. The van der Waals surface area contributed by atoms with Crippen LogP contribution in [-0.4, -0.2) is 26.9 Å². The third-order valence-electron chi connectivity index (χ3n) is 4.41. The number of pyridine rings is 3. The highest BCUT2D eigenvalue weighted by molar-refractivity contribution is 6.64. The fourth-order valence-corrected chi connectivity index (χ4v) is 2.94. The van der Waals surface area contributed by atoms with Crippen LogP contribution in [0.4, 0.5) is 0 Å². The fraction of sp³-hybridized carbons (Fsp3) is 0.0455. The van der Waals surface area contributed by atoms with Crippen LogP contribution in [0.5, 0.6) is 0 Å².